The summed E-state index contributed by atoms with van der Waals surface area (Å²) < 4.78 is 11.5. The number of hydrogen-bond donors (Lipinski definition) is 3. The molecule has 2 fully saturated rings. The predicted octanol–water partition coefficient (Wildman–Crippen LogP) is 5.67. The van der Waals surface area contributed by atoms with E-state index in [4.69, 9.17) is 9.47 Å². The Bertz CT molecular complexity index is 1670. The first-order chi connectivity index (χ1) is 22.8. The number of aromatic amines is 1. The van der Waals surface area contributed by atoms with Crippen molar-refractivity contribution in [2.24, 2.45) is 5.92 Å². The molecule has 1 aliphatic carbocycles. The summed E-state index contributed by atoms with van der Waals surface area (Å²) in [4.78, 5) is 37.6. The summed E-state index contributed by atoms with van der Waals surface area (Å²) in [6.45, 7) is 5.81. The number of amides is 3. The van der Waals surface area contributed by atoms with Gasteiger partial charge >= 0.3 is 6.03 Å². The number of para-hydroxylation sites is 1. The van der Waals surface area contributed by atoms with Crippen LogP contribution in [0.4, 0.5) is 16.2 Å². The number of hydrogen-bond acceptors (Lipinski definition) is 6. The van der Waals surface area contributed by atoms with Gasteiger partial charge in [-0.05, 0) is 86.4 Å². The summed E-state index contributed by atoms with van der Waals surface area (Å²) >= 11 is 0. The van der Waals surface area contributed by atoms with Gasteiger partial charge in [0.05, 0.1) is 19.4 Å². The highest BCUT2D eigenvalue weighted by Gasteiger charge is 2.33. The molecule has 2 aliphatic rings. The smallest absolute Gasteiger partial charge is 0.318 e. The zero-order chi connectivity index (χ0) is 32.9. The van der Waals surface area contributed by atoms with Crippen LogP contribution in [0.15, 0.2) is 72.9 Å². The molecule has 3 amide bonds. The molecular weight excluding hydrogens is 592 g/mol. The lowest BCUT2D eigenvalue weighted by atomic mass is 9.92. The first kappa shape index (κ1) is 32.2. The molecule has 10 nitrogen and oxygen atoms in total. The molecule has 4 aromatic rings. The Morgan fingerprint density at radius 3 is 2.45 bits per heavy atom. The fourth-order valence-corrected chi connectivity index (χ4v) is 6.22. The second-order valence-electron chi connectivity index (χ2n) is 13.0. The topological polar surface area (TPSA) is 102 Å². The van der Waals surface area contributed by atoms with E-state index in [1.807, 2.05) is 93.9 Å². The SMILES string of the molecule is COc1ccc(N2CCN(C(=O)N[C@@H](C(=O)Nc3cc(CN(C)C)ccc3OCC3CC3)[C@@H](C)c3c[nH]c4ccccc34)CC2)cc1. The number of methoxy groups -OCH3 is 1. The van der Waals surface area contributed by atoms with Gasteiger partial charge in [0.1, 0.15) is 17.5 Å². The van der Waals surface area contributed by atoms with E-state index in [2.05, 4.69) is 25.4 Å². The van der Waals surface area contributed by atoms with Crippen molar-refractivity contribution in [2.45, 2.75) is 38.3 Å². The third kappa shape index (κ3) is 7.82. The highest BCUT2D eigenvalue weighted by atomic mass is 16.5. The van der Waals surface area contributed by atoms with Gasteiger partial charge in [0.15, 0.2) is 0 Å². The number of fused-ring (bicyclic) bond motifs is 1. The molecule has 6 rings (SSSR count). The molecule has 3 N–H and O–H groups in total. The molecule has 0 spiro atoms. The molecule has 1 aliphatic heterocycles. The van der Waals surface area contributed by atoms with Crippen LogP contribution in [0.3, 0.4) is 0 Å². The summed E-state index contributed by atoms with van der Waals surface area (Å²) in [7, 11) is 5.69. The summed E-state index contributed by atoms with van der Waals surface area (Å²) in [6.07, 6.45) is 4.29. The highest BCUT2D eigenvalue weighted by molar-refractivity contribution is 5.99. The number of ether oxygens (including phenoxy) is 2. The lowest BCUT2D eigenvalue weighted by Crippen LogP contribution is -2.56. The average Bonchev–Trinajstić information content (AvgIpc) is 3.82. The summed E-state index contributed by atoms with van der Waals surface area (Å²) in [6, 6.07) is 20.9. The molecule has 10 heteroatoms. The van der Waals surface area contributed by atoms with E-state index in [9.17, 15) is 9.59 Å². The Hall–Kier alpha value is -4.70. The van der Waals surface area contributed by atoms with Gasteiger partial charge in [0, 0.05) is 61.4 Å². The van der Waals surface area contributed by atoms with Gasteiger partial charge in [-0.25, -0.2) is 4.79 Å². The number of rotatable bonds is 12. The molecule has 0 bridgehead atoms. The Morgan fingerprint density at radius 1 is 1.00 bits per heavy atom. The van der Waals surface area contributed by atoms with Gasteiger partial charge in [-0.2, -0.15) is 0 Å². The van der Waals surface area contributed by atoms with Crippen LogP contribution < -0.4 is 25.0 Å². The van der Waals surface area contributed by atoms with Crippen LogP contribution >= 0.6 is 0 Å². The Balaban J connectivity index is 1.22. The Morgan fingerprint density at radius 2 is 1.74 bits per heavy atom. The van der Waals surface area contributed by atoms with E-state index in [0.717, 1.165) is 40.0 Å². The minimum absolute atomic E-state index is 0.252. The van der Waals surface area contributed by atoms with Gasteiger partial charge in [-0.1, -0.05) is 31.2 Å². The van der Waals surface area contributed by atoms with Crippen molar-refractivity contribution in [3.05, 3.63) is 84.1 Å². The molecule has 2 heterocycles. The van der Waals surface area contributed by atoms with E-state index >= 15 is 0 Å². The molecule has 1 aromatic heterocycles. The summed E-state index contributed by atoms with van der Waals surface area (Å²) in [5.41, 5.74) is 4.73. The molecule has 248 valence electrons. The number of H-pyrrole nitrogens is 1. The summed E-state index contributed by atoms with van der Waals surface area (Å²) in [5, 5.41) is 7.32. The van der Waals surface area contributed by atoms with E-state index < -0.39 is 6.04 Å². The standard InChI is InChI=1S/C37H46N6O4/c1-25(31-22-38-32-8-6-5-7-30(31)32)35(40-37(45)43-19-17-42(18-20-43)28-12-14-29(46-4)15-13-28)36(44)39-33-21-27(23-41(2)3)11-16-34(33)47-24-26-9-10-26/h5-8,11-16,21-22,25-26,35,38H,9-10,17-20,23-24H2,1-4H3,(H,39,44)(H,40,45)/t25-,35+/m0/s1. The lowest BCUT2D eigenvalue weighted by molar-refractivity contribution is -0.118. The number of anilines is 2. The van der Waals surface area contributed by atoms with Crippen molar-refractivity contribution in [1.29, 1.82) is 0 Å². The molecular formula is C37H46N6O4. The fraction of sp³-hybridized carbons (Fsp3) is 0.405. The number of aromatic nitrogens is 1. The summed E-state index contributed by atoms with van der Waals surface area (Å²) in [5.74, 6) is 1.42. The fourth-order valence-electron chi connectivity index (χ4n) is 6.22. The molecule has 2 atom stereocenters. The van der Waals surface area contributed by atoms with Gasteiger partial charge in [0.25, 0.3) is 0 Å². The molecule has 1 saturated heterocycles. The number of piperazine rings is 1. The molecule has 3 aromatic carbocycles. The Kier molecular flexibility index (Phi) is 9.87. The third-order valence-electron chi connectivity index (χ3n) is 9.15. The molecule has 1 saturated carbocycles. The first-order valence-corrected chi connectivity index (χ1v) is 16.5. The maximum atomic E-state index is 14.3. The normalized spacial score (nSPS) is 16.2. The van der Waals surface area contributed by atoms with Gasteiger partial charge in [-0.15, -0.1) is 0 Å². The van der Waals surface area contributed by atoms with Gasteiger partial charge in [0.2, 0.25) is 5.91 Å². The first-order valence-electron chi connectivity index (χ1n) is 16.5. The van der Waals surface area contributed by atoms with Crippen LogP contribution in [-0.2, 0) is 11.3 Å². The van der Waals surface area contributed by atoms with Crippen LogP contribution in [0.2, 0.25) is 0 Å². The second kappa shape index (κ2) is 14.4. The van der Waals surface area contributed by atoms with E-state index in [-0.39, 0.29) is 17.9 Å². The number of carbonyl (C=O) groups is 2. The van der Waals surface area contributed by atoms with Crippen molar-refractivity contribution < 1.29 is 19.1 Å². The van der Waals surface area contributed by atoms with E-state index in [1.54, 1.807) is 12.0 Å². The van der Waals surface area contributed by atoms with Crippen molar-refractivity contribution in [1.82, 2.24) is 20.1 Å². The van der Waals surface area contributed by atoms with E-state index in [0.29, 0.717) is 50.1 Å². The molecule has 0 radical (unpaired) electrons. The quantitative estimate of drug-likeness (QED) is 0.185. The van der Waals surface area contributed by atoms with E-state index in [1.165, 1.54) is 12.8 Å². The number of nitrogens with zero attached hydrogens (tertiary/aromatic N) is 3. The maximum absolute atomic E-state index is 14.3. The van der Waals surface area contributed by atoms with Crippen molar-refractivity contribution >= 4 is 34.2 Å². The van der Waals surface area contributed by atoms with Crippen LogP contribution in [0.5, 0.6) is 11.5 Å². The lowest BCUT2D eigenvalue weighted by Gasteiger charge is -2.37. The predicted molar refractivity (Wildman–Crippen MR) is 186 cm³/mol. The highest BCUT2D eigenvalue weighted by Crippen LogP contribution is 2.34. The van der Waals surface area contributed by atoms with Crippen molar-refractivity contribution in [3.63, 3.8) is 0 Å². The number of nitrogens with one attached hydrogen (secondary N) is 3. The van der Waals surface area contributed by atoms with Crippen LogP contribution in [0, 0.1) is 5.92 Å². The Labute approximate surface area is 277 Å². The van der Waals surface area contributed by atoms with Crippen molar-refractivity contribution in [2.75, 3.05) is 64.2 Å². The van der Waals surface area contributed by atoms with Crippen LogP contribution in [0.25, 0.3) is 10.9 Å². The van der Waals surface area contributed by atoms with Crippen LogP contribution in [-0.4, -0.2) is 86.8 Å². The monoisotopic (exact) mass is 638 g/mol. The minimum atomic E-state index is -0.838. The maximum Gasteiger partial charge on any atom is 0.318 e. The van der Waals surface area contributed by atoms with Gasteiger partial charge < -0.3 is 39.8 Å². The minimum Gasteiger partial charge on any atom is -0.497 e. The zero-order valence-electron chi connectivity index (χ0n) is 27.8. The van der Waals surface area contributed by atoms with Crippen molar-refractivity contribution in [3.8, 4) is 11.5 Å². The average molecular weight is 639 g/mol. The number of urea groups is 1. The number of carbonyl (C=O) groups excluding carboxylic acids is 2. The third-order valence-corrected chi connectivity index (χ3v) is 9.15. The second-order valence-corrected chi connectivity index (χ2v) is 13.0. The zero-order valence-corrected chi connectivity index (χ0v) is 27.8. The van der Waals surface area contributed by atoms with Crippen LogP contribution in [0.1, 0.15) is 36.8 Å². The largest absolute Gasteiger partial charge is 0.497 e. The van der Waals surface area contributed by atoms with Gasteiger partial charge in [-0.3, -0.25) is 4.79 Å². The number of benzene rings is 3. The molecule has 47 heavy (non-hydrogen) atoms. The molecule has 0 unspecified atom stereocenters.